The van der Waals surface area contributed by atoms with Gasteiger partial charge in [-0.1, -0.05) is 31.2 Å². The van der Waals surface area contributed by atoms with E-state index in [-0.39, 0.29) is 18.5 Å². The van der Waals surface area contributed by atoms with Gasteiger partial charge in [-0.15, -0.1) is 0 Å². The summed E-state index contributed by atoms with van der Waals surface area (Å²) < 4.78 is 10.4. The molecule has 2 aromatic carbocycles. The number of aryl methyl sites for hydroxylation is 1. The second-order valence-electron chi connectivity index (χ2n) is 5.95. The van der Waals surface area contributed by atoms with E-state index in [2.05, 4.69) is 19.1 Å². The predicted octanol–water partition coefficient (Wildman–Crippen LogP) is 3.46. The third-order valence-corrected chi connectivity index (χ3v) is 4.00. The zero-order chi connectivity index (χ0) is 18.9. The average molecular weight is 355 g/mol. The van der Waals surface area contributed by atoms with Crippen LogP contribution in [0.2, 0.25) is 0 Å². The fraction of sp³-hybridized carbons (Fsp3) is 0.333. The van der Waals surface area contributed by atoms with Crippen LogP contribution in [0.25, 0.3) is 0 Å². The molecule has 0 fully saturated rings. The highest BCUT2D eigenvalue weighted by atomic mass is 16.5. The van der Waals surface area contributed by atoms with Crippen LogP contribution in [0.15, 0.2) is 48.5 Å². The van der Waals surface area contributed by atoms with Gasteiger partial charge in [-0.25, -0.2) is 4.79 Å². The van der Waals surface area contributed by atoms with Crippen molar-refractivity contribution in [1.29, 1.82) is 0 Å². The molecule has 0 aromatic heterocycles. The van der Waals surface area contributed by atoms with Crippen molar-refractivity contribution in [1.82, 2.24) is 4.90 Å². The number of amides is 1. The summed E-state index contributed by atoms with van der Waals surface area (Å²) in [4.78, 5) is 25.5. The zero-order valence-corrected chi connectivity index (χ0v) is 15.5. The Morgan fingerprint density at radius 1 is 0.923 bits per heavy atom. The molecule has 0 N–H and O–H groups in total. The second-order valence-corrected chi connectivity index (χ2v) is 5.95. The number of likely N-dealkylation sites (N-methyl/N-ethyl adjacent to an activating group) is 1. The van der Waals surface area contributed by atoms with Crippen LogP contribution in [0, 0.1) is 0 Å². The Bertz CT molecular complexity index is 723. The third-order valence-electron chi connectivity index (χ3n) is 4.00. The van der Waals surface area contributed by atoms with Crippen molar-refractivity contribution >= 4 is 11.9 Å². The molecule has 0 unspecified atom stereocenters. The number of hydrogen-bond donors (Lipinski definition) is 0. The smallest absolute Gasteiger partial charge is 0.338 e. The van der Waals surface area contributed by atoms with Gasteiger partial charge in [0.05, 0.1) is 12.2 Å². The standard InChI is InChI=1S/C21H25NO4/c1-4-16-6-8-17(9-7-16)14-22(3)20(23)15-26-19-12-10-18(11-13-19)21(24)25-5-2/h6-13H,4-5,14-15H2,1-3H3. The molecule has 0 saturated heterocycles. The summed E-state index contributed by atoms with van der Waals surface area (Å²) in [6.45, 7) is 4.69. The Morgan fingerprint density at radius 2 is 1.54 bits per heavy atom. The van der Waals surface area contributed by atoms with Crippen LogP contribution in [0.1, 0.15) is 35.3 Å². The first-order valence-electron chi connectivity index (χ1n) is 8.75. The molecule has 0 saturated carbocycles. The van der Waals surface area contributed by atoms with E-state index < -0.39 is 0 Å². The van der Waals surface area contributed by atoms with Crippen molar-refractivity contribution in [2.45, 2.75) is 26.8 Å². The fourth-order valence-corrected chi connectivity index (χ4v) is 2.40. The molecule has 5 heteroatoms. The van der Waals surface area contributed by atoms with Crippen molar-refractivity contribution in [2.24, 2.45) is 0 Å². The maximum absolute atomic E-state index is 12.2. The summed E-state index contributed by atoms with van der Waals surface area (Å²) in [5.41, 5.74) is 2.81. The Kier molecular flexibility index (Phi) is 7.21. The number of esters is 1. The topological polar surface area (TPSA) is 55.8 Å². The lowest BCUT2D eigenvalue weighted by atomic mass is 10.1. The maximum atomic E-state index is 12.2. The van der Waals surface area contributed by atoms with Crippen LogP contribution in [0.3, 0.4) is 0 Å². The van der Waals surface area contributed by atoms with Gasteiger partial charge in [0.15, 0.2) is 6.61 Å². The predicted molar refractivity (Wildman–Crippen MR) is 100 cm³/mol. The number of carbonyl (C=O) groups excluding carboxylic acids is 2. The molecule has 1 amide bonds. The molecule has 138 valence electrons. The largest absolute Gasteiger partial charge is 0.484 e. The molecule has 0 aliphatic rings. The minimum Gasteiger partial charge on any atom is -0.484 e. The quantitative estimate of drug-likeness (QED) is 0.681. The van der Waals surface area contributed by atoms with E-state index in [9.17, 15) is 9.59 Å². The number of hydrogen-bond acceptors (Lipinski definition) is 4. The number of nitrogens with zero attached hydrogens (tertiary/aromatic N) is 1. The Hall–Kier alpha value is -2.82. The van der Waals surface area contributed by atoms with Crippen molar-refractivity contribution in [3.63, 3.8) is 0 Å². The van der Waals surface area contributed by atoms with Gasteiger partial charge in [0, 0.05) is 13.6 Å². The van der Waals surface area contributed by atoms with Crippen LogP contribution in [-0.2, 0) is 22.5 Å². The molecule has 0 atom stereocenters. The maximum Gasteiger partial charge on any atom is 0.338 e. The normalized spacial score (nSPS) is 10.3. The van der Waals surface area contributed by atoms with E-state index in [4.69, 9.17) is 9.47 Å². The van der Waals surface area contributed by atoms with E-state index in [1.807, 2.05) is 12.1 Å². The molecule has 0 aliphatic heterocycles. The number of benzene rings is 2. The minimum atomic E-state index is -0.371. The molecule has 5 nitrogen and oxygen atoms in total. The summed E-state index contributed by atoms with van der Waals surface area (Å²) in [7, 11) is 1.75. The summed E-state index contributed by atoms with van der Waals surface area (Å²) >= 11 is 0. The first-order chi connectivity index (χ1) is 12.5. The van der Waals surface area contributed by atoms with E-state index in [1.165, 1.54) is 5.56 Å². The molecule has 0 aliphatic carbocycles. The number of rotatable bonds is 8. The van der Waals surface area contributed by atoms with Gasteiger partial charge in [0.1, 0.15) is 5.75 Å². The van der Waals surface area contributed by atoms with Crippen molar-refractivity contribution in [2.75, 3.05) is 20.3 Å². The number of carbonyl (C=O) groups is 2. The molecule has 2 aromatic rings. The van der Waals surface area contributed by atoms with Crippen molar-refractivity contribution < 1.29 is 19.1 Å². The molecule has 0 heterocycles. The Morgan fingerprint density at radius 3 is 2.12 bits per heavy atom. The Labute approximate surface area is 154 Å². The van der Waals surface area contributed by atoms with E-state index in [1.54, 1.807) is 43.1 Å². The first-order valence-corrected chi connectivity index (χ1v) is 8.75. The monoisotopic (exact) mass is 355 g/mol. The molecular weight excluding hydrogens is 330 g/mol. The van der Waals surface area contributed by atoms with Gasteiger partial charge in [-0.05, 0) is 48.7 Å². The van der Waals surface area contributed by atoms with Gasteiger partial charge in [-0.3, -0.25) is 4.79 Å². The second kappa shape index (κ2) is 9.61. The van der Waals surface area contributed by atoms with Crippen LogP contribution in [0.5, 0.6) is 5.75 Å². The van der Waals surface area contributed by atoms with E-state index in [0.717, 1.165) is 12.0 Å². The summed E-state index contributed by atoms with van der Waals surface area (Å²) in [5.74, 6) is 0.0510. The van der Waals surface area contributed by atoms with E-state index in [0.29, 0.717) is 24.5 Å². The summed E-state index contributed by atoms with van der Waals surface area (Å²) in [5, 5.41) is 0. The summed E-state index contributed by atoms with van der Waals surface area (Å²) in [6.07, 6.45) is 0.998. The van der Waals surface area contributed by atoms with Gasteiger partial charge in [0.25, 0.3) is 5.91 Å². The highest BCUT2D eigenvalue weighted by molar-refractivity contribution is 5.89. The minimum absolute atomic E-state index is 0.0533. The lowest BCUT2D eigenvalue weighted by Crippen LogP contribution is -2.30. The van der Waals surface area contributed by atoms with Crippen molar-refractivity contribution in [3.8, 4) is 5.75 Å². The van der Waals surface area contributed by atoms with Crippen molar-refractivity contribution in [3.05, 3.63) is 65.2 Å². The van der Waals surface area contributed by atoms with Crippen LogP contribution in [-0.4, -0.2) is 37.0 Å². The lowest BCUT2D eigenvalue weighted by molar-refractivity contribution is -0.132. The summed E-state index contributed by atoms with van der Waals surface area (Å²) in [6, 6.07) is 14.8. The van der Waals surface area contributed by atoms with Gasteiger partial charge in [0.2, 0.25) is 0 Å². The highest BCUT2D eigenvalue weighted by Gasteiger charge is 2.11. The fourth-order valence-electron chi connectivity index (χ4n) is 2.40. The van der Waals surface area contributed by atoms with Gasteiger partial charge in [-0.2, -0.15) is 0 Å². The molecule has 0 bridgehead atoms. The van der Waals surface area contributed by atoms with Crippen LogP contribution < -0.4 is 4.74 Å². The Balaban J connectivity index is 1.84. The van der Waals surface area contributed by atoms with E-state index >= 15 is 0 Å². The molecule has 0 spiro atoms. The third kappa shape index (κ3) is 5.62. The SMILES string of the molecule is CCOC(=O)c1ccc(OCC(=O)N(C)Cc2ccc(CC)cc2)cc1. The molecule has 2 rings (SSSR count). The van der Waals surface area contributed by atoms with Gasteiger partial charge < -0.3 is 14.4 Å². The lowest BCUT2D eigenvalue weighted by Gasteiger charge is -2.18. The molecular formula is C21H25NO4. The first kappa shape index (κ1) is 19.5. The average Bonchev–Trinajstić information content (AvgIpc) is 2.67. The zero-order valence-electron chi connectivity index (χ0n) is 15.5. The van der Waals surface area contributed by atoms with Crippen LogP contribution >= 0.6 is 0 Å². The van der Waals surface area contributed by atoms with Gasteiger partial charge >= 0.3 is 5.97 Å². The number of ether oxygens (including phenoxy) is 2. The molecule has 26 heavy (non-hydrogen) atoms. The van der Waals surface area contributed by atoms with Crippen LogP contribution in [0.4, 0.5) is 0 Å². The highest BCUT2D eigenvalue weighted by Crippen LogP contribution is 2.13. The molecule has 0 radical (unpaired) electrons.